The fraction of sp³-hybridized carbons (Fsp3) is 0.138. The highest BCUT2D eigenvalue weighted by molar-refractivity contribution is 7.98. The van der Waals surface area contributed by atoms with Crippen molar-refractivity contribution in [3.63, 3.8) is 0 Å². The van der Waals surface area contributed by atoms with Gasteiger partial charge in [0, 0.05) is 24.1 Å². The van der Waals surface area contributed by atoms with Crippen LogP contribution in [0.4, 0.5) is 0 Å². The number of aromatic nitrogens is 3. The SMILES string of the molecule is Cc1cccc(CNC(=O)c2ccc(Cn3c(SCc4ccccc4)nc4cccnc43)cc2)c1. The largest absolute Gasteiger partial charge is 0.348 e. The zero-order valence-electron chi connectivity index (χ0n) is 19.5. The summed E-state index contributed by atoms with van der Waals surface area (Å²) in [6, 6.07) is 30.2. The number of pyridine rings is 1. The average molecular weight is 479 g/mol. The van der Waals surface area contributed by atoms with Gasteiger partial charge < -0.3 is 5.32 Å². The molecule has 174 valence electrons. The van der Waals surface area contributed by atoms with Crippen LogP contribution in [-0.2, 0) is 18.8 Å². The van der Waals surface area contributed by atoms with Crippen LogP contribution in [0.25, 0.3) is 11.2 Å². The van der Waals surface area contributed by atoms with Gasteiger partial charge in [0.25, 0.3) is 5.91 Å². The van der Waals surface area contributed by atoms with Crippen LogP contribution in [0, 0.1) is 6.92 Å². The molecule has 0 aliphatic rings. The van der Waals surface area contributed by atoms with Crippen LogP contribution >= 0.6 is 11.8 Å². The second-order valence-corrected chi connectivity index (χ2v) is 9.41. The molecule has 35 heavy (non-hydrogen) atoms. The number of imidazole rings is 1. The average Bonchev–Trinajstić information content (AvgIpc) is 3.24. The van der Waals surface area contributed by atoms with E-state index in [1.165, 1.54) is 11.1 Å². The van der Waals surface area contributed by atoms with Crippen molar-refractivity contribution in [3.05, 3.63) is 125 Å². The number of carbonyl (C=O) groups excluding carboxylic acids is 1. The van der Waals surface area contributed by atoms with E-state index in [9.17, 15) is 4.79 Å². The minimum absolute atomic E-state index is 0.0769. The number of rotatable bonds is 8. The molecule has 0 aliphatic carbocycles. The normalized spacial score (nSPS) is 11.0. The molecule has 0 aliphatic heterocycles. The van der Waals surface area contributed by atoms with Crippen molar-refractivity contribution in [1.82, 2.24) is 19.9 Å². The number of carbonyl (C=O) groups is 1. The minimum Gasteiger partial charge on any atom is -0.348 e. The van der Waals surface area contributed by atoms with Crippen LogP contribution in [0.2, 0.25) is 0 Å². The number of benzene rings is 3. The summed E-state index contributed by atoms with van der Waals surface area (Å²) < 4.78 is 2.15. The molecule has 0 saturated heterocycles. The van der Waals surface area contributed by atoms with Crippen LogP contribution in [-0.4, -0.2) is 20.4 Å². The van der Waals surface area contributed by atoms with Gasteiger partial charge in [-0.2, -0.15) is 0 Å². The maximum Gasteiger partial charge on any atom is 0.251 e. The molecule has 2 heterocycles. The number of thioether (sulfide) groups is 1. The van der Waals surface area contributed by atoms with E-state index in [0.29, 0.717) is 18.7 Å². The smallest absolute Gasteiger partial charge is 0.251 e. The van der Waals surface area contributed by atoms with E-state index in [-0.39, 0.29) is 5.91 Å². The Morgan fingerprint density at radius 3 is 2.49 bits per heavy atom. The number of nitrogens with zero attached hydrogens (tertiary/aromatic N) is 3. The van der Waals surface area contributed by atoms with Crippen molar-refractivity contribution in [2.24, 2.45) is 0 Å². The number of fused-ring (bicyclic) bond motifs is 1. The van der Waals surface area contributed by atoms with E-state index in [2.05, 4.69) is 58.2 Å². The van der Waals surface area contributed by atoms with E-state index in [0.717, 1.165) is 33.2 Å². The molecule has 0 bridgehead atoms. The van der Waals surface area contributed by atoms with Gasteiger partial charge in [0.15, 0.2) is 10.8 Å². The highest BCUT2D eigenvalue weighted by Gasteiger charge is 2.13. The number of hydrogen-bond donors (Lipinski definition) is 1. The molecule has 0 unspecified atom stereocenters. The van der Waals surface area contributed by atoms with Crippen LogP contribution in [0.3, 0.4) is 0 Å². The van der Waals surface area contributed by atoms with Crippen LogP contribution < -0.4 is 5.32 Å². The Kier molecular flexibility index (Phi) is 6.91. The highest BCUT2D eigenvalue weighted by Crippen LogP contribution is 2.27. The summed E-state index contributed by atoms with van der Waals surface area (Å²) in [5.41, 5.74) is 7.02. The van der Waals surface area contributed by atoms with Crippen molar-refractivity contribution in [2.45, 2.75) is 30.9 Å². The lowest BCUT2D eigenvalue weighted by molar-refractivity contribution is 0.0951. The molecule has 5 nitrogen and oxygen atoms in total. The first kappa shape index (κ1) is 22.9. The van der Waals surface area contributed by atoms with E-state index in [1.807, 2.05) is 54.6 Å². The van der Waals surface area contributed by atoms with Gasteiger partial charge in [0.1, 0.15) is 5.52 Å². The van der Waals surface area contributed by atoms with Crippen molar-refractivity contribution >= 4 is 28.8 Å². The lowest BCUT2D eigenvalue weighted by Crippen LogP contribution is -2.22. The monoisotopic (exact) mass is 478 g/mol. The molecule has 5 aromatic rings. The van der Waals surface area contributed by atoms with Crippen molar-refractivity contribution in [1.29, 1.82) is 0 Å². The van der Waals surface area contributed by atoms with Crippen molar-refractivity contribution in [2.75, 3.05) is 0 Å². The third kappa shape index (κ3) is 5.61. The molecule has 0 fully saturated rings. The van der Waals surface area contributed by atoms with E-state index in [1.54, 1.807) is 18.0 Å². The summed E-state index contributed by atoms with van der Waals surface area (Å²) in [5, 5.41) is 3.94. The lowest BCUT2D eigenvalue weighted by atomic mass is 10.1. The molecule has 0 saturated carbocycles. The number of hydrogen-bond acceptors (Lipinski definition) is 4. The van der Waals surface area contributed by atoms with Crippen molar-refractivity contribution in [3.8, 4) is 0 Å². The van der Waals surface area contributed by atoms with Crippen LogP contribution in [0.1, 0.15) is 32.6 Å². The molecular weight excluding hydrogens is 452 g/mol. The van der Waals surface area contributed by atoms with Gasteiger partial charge >= 0.3 is 0 Å². The third-order valence-corrected chi connectivity index (χ3v) is 6.82. The van der Waals surface area contributed by atoms with Crippen molar-refractivity contribution < 1.29 is 4.79 Å². The molecule has 2 aromatic heterocycles. The standard InChI is InChI=1S/C29H26N4OS/c1-21-7-5-10-24(17-21)18-31-28(34)25-14-12-22(13-15-25)19-33-27-26(11-6-16-30-27)32-29(33)35-20-23-8-3-2-4-9-23/h2-17H,18-20H2,1H3,(H,31,34). The van der Waals surface area contributed by atoms with Crippen LogP contribution in [0.15, 0.2) is 102 Å². The predicted octanol–water partition coefficient (Wildman–Crippen LogP) is 6.01. The fourth-order valence-electron chi connectivity index (χ4n) is 3.96. The summed E-state index contributed by atoms with van der Waals surface area (Å²) in [6.45, 7) is 3.20. The van der Waals surface area contributed by atoms with Crippen LogP contribution in [0.5, 0.6) is 0 Å². The Labute approximate surface area is 209 Å². The molecule has 1 amide bonds. The summed E-state index contributed by atoms with van der Waals surface area (Å²) in [5.74, 6) is 0.761. The quantitative estimate of drug-likeness (QED) is 0.278. The molecule has 5 rings (SSSR count). The number of nitrogens with one attached hydrogen (secondary N) is 1. The molecule has 0 radical (unpaired) electrons. The summed E-state index contributed by atoms with van der Waals surface area (Å²) >= 11 is 1.71. The van der Waals surface area contributed by atoms with Gasteiger partial charge in [-0.1, -0.05) is 84.1 Å². The van der Waals surface area contributed by atoms with Gasteiger partial charge in [-0.15, -0.1) is 0 Å². The Morgan fingerprint density at radius 1 is 0.886 bits per heavy atom. The molecule has 0 atom stereocenters. The van der Waals surface area contributed by atoms with Gasteiger partial charge in [0.2, 0.25) is 0 Å². The Hall–Kier alpha value is -3.90. The molecule has 3 aromatic carbocycles. The Bertz CT molecular complexity index is 1450. The zero-order chi connectivity index (χ0) is 24.0. The number of aryl methyl sites for hydroxylation is 1. The molecule has 0 spiro atoms. The van der Waals surface area contributed by atoms with E-state index < -0.39 is 0 Å². The van der Waals surface area contributed by atoms with Gasteiger partial charge in [0.05, 0.1) is 6.54 Å². The second-order valence-electron chi connectivity index (χ2n) is 8.47. The van der Waals surface area contributed by atoms with Gasteiger partial charge in [-0.05, 0) is 47.9 Å². The molecule has 6 heteroatoms. The molecular formula is C29H26N4OS. The maximum atomic E-state index is 12.6. The van der Waals surface area contributed by atoms with E-state index in [4.69, 9.17) is 4.98 Å². The van der Waals surface area contributed by atoms with Gasteiger partial charge in [-0.3, -0.25) is 9.36 Å². The topological polar surface area (TPSA) is 59.8 Å². The summed E-state index contributed by atoms with van der Waals surface area (Å²) in [7, 11) is 0. The third-order valence-electron chi connectivity index (χ3n) is 5.77. The molecule has 1 N–H and O–H groups in total. The zero-order valence-corrected chi connectivity index (χ0v) is 20.3. The van der Waals surface area contributed by atoms with E-state index >= 15 is 0 Å². The summed E-state index contributed by atoms with van der Waals surface area (Å²) in [4.78, 5) is 22.0. The summed E-state index contributed by atoms with van der Waals surface area (Å²) in [6.07, 6.45) is 1.80. The maximum absolute atomic E-state index is 12.6. The lowest BCUT2D eigenvalue weighted by Gasteiger charge is -2.10. The Morgan fingerprint density at radius 2 is 1.69 bits per heavy atom. The predicted molar refractivity (Wildman–Crippen MR) is 141 cm³/mol. The minimum atomic E-state index is -0.0769. The highest BCUT2D eigenvalue weighted by atomic mass is 32.2. The first-order valence-electron chi connectivity index (χ1n) is 11.6. The van der Waals surface area contributed by atoms with Gasteiger partial charge in [-0.25, -0.2) is 9.97 Å². The Balaban J connectivity index is 1.30. The number of amides is 1. The fourth-order valence-corrected chi connectivity index (χ4v) is 4.92. The second kappa shape index (κ2) is 10.6. The first-order valence-corrected chi connectivity index (χ1v) is 12.5. The first-order chi connectivity index (χ1) is 17.2.